The maximum atomic E-state index is 5.68. The minimum Gasteiger partial charge on any atom is -0.375 e. The second-order valence-corrected chi connectivity index (χ2v) is 8.94. The summed E-state index contributed by atoms with van der Waals surface area (Å²) >= 11 is 0. The number of ether oxygens (including phenoxy) is 1. The summed E-state index contributed by atoms with van der Waals surface area (Å²) < 4.78 is 5.68. The van der Waals surface area contributed by atoms with Gasteiger partial charge in [0.15, 0.2) is 0 Å². The maximum absolute atomic E-state index is 5.68. The first-order chi connectivity index (χ1) is 15.6. The van der Waals surface area contributed by atoms with Crippen molar-refractivity contribution in [1.29, 1.82) is 0 Å². The summed E-state index contributed by atoms with van der Waals surface area (Å²) in [5.41, 5.74) is 2.21. The topological polar surface area (TPSA) is 62.3 Å². The van der Waals surface area contributed by atoms with E-state index < -0.39 is 0 Å². The molecule has 6 nitrogen and oxygen atoms in total. The first-order valence-electron chi connectivity index (χ1n) is 11.6. The number of hydrogen-bond donors (Lipinski definition) is 2. The van der Waals surface area contributed by atoms with Crippen LogP contribution in [0.1, 0.15) is 37.4 Å². The molecule has 2 N–H and O–H groups in total. The predicted octanol–water partition coefficient (Wildman–Crippen LogP) is 4.64. The minimum atomic E-state index is 0.102. The van der Waals surface area contributed by atoms with E-state index in [0.29, 0.717) is 12.0 Å². The third-order valence-electron chi connectivity index (χ3n) is 6.41. The fourth-order valence-electron chi connectivity index (χ4n) is 4.58. The molecule has 0 saturated heterocycles. The number of nitrogens with zero attached hydrogens (tertiary/aromatic N) is 3. The summed E-state index contributed by atoms with van der Waals surface area (Å²) in [6.07, 6.45) is 4.81. The van der Waals surface area contributed by atoms with Crippen molar-refractivity contribution in [2.24, 2.45) is 5.92 Å². The average Bonchev–Trinajstić information content (AvgIpc) is 2.83. The van der Waals surface area contributed by atoms with Crippen LogP contribution >= 0.6 is 0 Å². The number of para-hydroxylation sites is 1. The smallest absolute Gasteiger partial charge is 0.225 e. The van der Waals surface area contributed by atoms with E-state index >= 15 is 0 Å². The number of hydrogen-bond acceptors (Lipinski definition) is 6. The maximum Gasteiger partial charge on any atom is 0.225 e. The van der Waals surface area contributed by atoms with Gasteiger partial charge in [0, 0.05) is 39.2 Å². The zero-order valence-corrected chi connectivity index (χ0v) is 19.4. The molecule has 32 heavy (non-hydrogen) atoms. The molecule has 1 aromatic heterocycles. The molecule has 0 spiro atoms. The number of fused-ring (bicyclic) bond motifs is 1. The zero-order chi connectivity index (χ0) is 22.3. The quantitative estimate of drug-likeness (QED) is 0.512. The van der Waals surface area contributed by atoms with E-state index in [9.17, 15) is 0 Å². The Hall–Kier alpha value is -2.70. The van der Waals surface area contributed by atoms with Gasteiger partial charge < -0.3 is 20.3 Å². The summed E-state index contributed by atoms with van der Waals surface area (Å²) in [6.45, 7) is 1.88. The lowest BCUT2D eigenvalue weighted by molar-refractivity contribution is 0.101. The van der Waals surface area contributed by atoms with E-state index in [4.69, 9.17) is 14.7 Å². The van der Waals surface area contributed by atoms with Gasteiger partial charge in [-0.05, 0) is 55.8 Å². The Bertz CT molecular complexity index is 986. The number of methoxy groups -OCH3 is 1. The molecule has 4 rings (SSSR count). The van der Waals surface area contributed by atoms with Crippen molar-refractivity contribution in [3.8, 4) is 0 Å². The third kappa shape index (κ3) is 5.56. The number of aromatic nitrogens is 2. The second kappa shape index (κ2) is 10.7. The molecule has 0 aliphatic heterocycles. The van der Waals surface area contributed by atoms with E-state index in [-0.39, 0.29) is 6.10 Å². The van der Waals surface area contributed by atoms with E-state index in [1.165, 1.54) is 18.4 Å². The van der Waals surface area contributed by atoms with E-state index in [2.05, 4.69) is 51.9 Å². The van der Waals surface area contributed by atoms with Gasteiger partial charge in [-0.25, -0.2) is 4.98 Å². The van der Waals surface area contributed by atoms with Crippen molar-refractivity contribution in [2.45, 2.75) is 37.8 Å². The van der Waals surface area contributed by atoms with Crippen molar-refractivity contribution in [1.82, 2.24) is 15.3 Å². The molecule has 1 aliphatic rings. The Morgan fingerprint density at radius 1 is 0.969 bits per heavy atom. The van der Waals surface area contributed by atoms with Gasteiger partial charge in [0.2, 0.25) is 5.95 Å². The lowest BCUT2D eigenvalue weighted by atomic mass is 9.86. The molecule has 0 unspecified atom stereocenters. The molecule has 6 heteroatoms. The van der Waals surface area contributed by atoms with Gasteiger partial charge in [0.05, 0.1) is 11.6 Å². The molecule has 0 amide bonds. The van der Waals surface area contributed by atoms with Gasteiger partial charge in [-0.3, -0.25) is 0 Å². The van der Waals surface area contributed by atoms with Crippen LogP contribution in [0.25, 0.3) is 10.9 Å². The van der Waals surface area contributed by atoms with E-state index in [1.807, 2.05) is 32.3 Å². The largest absolute Gasteiger partial charge is 0.375 e. The van der Waals surface area contributed by atoms with E-state index in [0.717, 1.165) is 48.6 Å². The first kappa shape index (κ1) is 22.5. The Kier molecular flexibility index (Phi) is 7.55. The van der Waals surface area contributed by atoms with Gasteiger partial charge in [-0.2, -0.15) is 4.98 Å². The van der Waals surface area contributed by atoms with Crippen LogP contribution in [-0.2, 0) is 4.74 Å². The van der Waals surface area contributed by atoms with Crippen LogP contribution in [0.5, 0.6) is 0 Å². The van der Waals surface area contributed by atoms with Crippen molar-refractivity contribution in [3.05, 3.63) is 60.2 Å². The highest BCUT2D eigenvalue weighted by Gasteiger charge is 2.22. The number of rotatable bonds is 9. The first-order valence-corrected chi connectivity index (χ1v) is 11.6. The molecule has 1 atom stereocenters. The molecule has 2 aromatic carbocycles. The van der Waals surface area contributed by atoms with Crippen molar-refractivity contribution in [2.75, 3.05) is 44.5 Å². The van der Waals surface area contributed by atoms with Crippen LogP contribution in [0.4, 0.5) is 11.8 Å². The van der Waals surface area contributed by atoms with Crippen LogP contribution in [0, 0.1) is 5.92 Å². The van der Waals surface area contributed by atoms with Gasteiger partial charge in [0.25, 0.3) is 0 Å². The summed E-state index contributed by atoms with van der Waals surface area (Å²) in [4.78, 5) is 11.6. The average molecular weight is 434 g/mol. The SMILES string of the molecule is CO[C@@H](CNC[C@H]1CC[C@@H](Nc2nc(N(C)C)c3ccccc3n2)CC1)c1ccccc1. The minimum absolute atomic E-state index is 0.102. The molecule has 0 bridgehead atoms. The van der Waals surface area contributed by atoms with Crippen molar-refractivity contribution < 1.29 is 4.74 Å². The highest BCUT2D eigenvalue weighted by Crippen LogP contribution is 2.28. The fraction of sp³-hybridized carbons (Fsp3) is 0.462. The molecule has 1 fully saturated rings. The molecular formula is C26H35N5O. The fourth-order valence-corrected chi connectivity index (χ4v) is 4.58. The third-order valence-corrected chi connectivity index (χ3v) is 6.41. The molecule has 1 aliphatic carbocycles. The van der Waals surface area contributed by atoms with Gasteiger partial charge in [-0.1, -0.05) is 42.5 Å². The lowest BCUT2D eigenvalue weighted by Crippen LogP contribution is -2.33. The molecule has 3 aromatic rings. The standard InChI is InChI=1S/C26H35N5O/c1-31(2)25-22-11-7-8-12-23(22)29-26(30-25)28-21-15-13-19(14-16-21)17-27-18-24(32-3)20-9-5-4-6-10-20/h4-12,19,21,24,27H,13-18H2,1-3H3,(H,28,29,30)/t19-,21+,24-/m0/s1. The molecular weight excluding hydrogens is 398 g/mol. The zero-order valence-electron chi connectivity index (χ0n) is 19.4. The molecule has 1 heterocycles. The molecule has 170 valence electrons. The Morgan fingerprint density at radius 2 is 1.69 bits per heavy atom. The summed E-state index contributed by atoms with van der Waals surface area (Å²) in [5.74, 6) is 2.40. The summed E-state index contributed by atoms with van der Waals surface area (Å²) in [6, 6.07) is 19.1. The summed E-state index contributed by atoms with van der Waals surface area (Å²) in [7, 11) is 5.85. The van der Waals surface area contributed by atoms with Crippen LogP contribution < -0.4 is 15.5 Å². The highest BCUT2D eigenvalue weighted by molar-refractivity contribution is 5.90. The van der Waals surface area contributed by atoms with Crippen LogP contribution in [-0.4, -0.2) is 50.3 Å². The predicted molar refractivity (Wildman–Crippen MR) is 132 cm³/mol. The Morgan fingerprint density at radius 3 is 2.41 bits per heavy atom. The van der Waals surface area contributed by atoms with Crippen LogP contribution in [0.2, 0.25) is 0 Å². The number of nitrogens with one attached hydrogen (secondary N) is 2. The normalized spacial score (nSPS) is 19.6. The Labute approximate surface area is 191 Å². The number of anilines is 2. The van der Waals surface area contributed by atoms with E-state index in [1.54, 1.807) is 7.11 Å². The number of benzene rings is 2. The van der Waals surface area contributed by atoms with Gasteiger partial charge in [0.1, 0.15) is 5.82 Å². The van der Waals surface area contributed by atoms with Crippen molar-refractivity contribution >= 4 is 22.7 Å². The van der Waals surface area contributed by atoms with Crippen LogP contribution in [0.3, 0.4) is 0 Å². The summed E-state index contributed by atoms with van der Waals surface area (Å²) in [5, 5.41) is 8.32. The molecule has 1 saturated carbocycles. The van der Waals surface area contributed by atoms with Crippen LogP contribution in [0.15, 0.2) is 54.6 Å². The Balaban J connectivity index is 1.27. The molecule has 0 radical (unpaired) electrons. The monoisotopic (exact) mass is 433 g/mol. The highest BCUT2D eigenvalue weighted by atomic mass is 16.5. The lowest BCUT2D eigenvalue weighted by Gasteiger charge is -2.30. The van der Waals surface area contributed by atoms with Crippen molar-refractivity contribution in [3.63, 3.8) is 0 Å². The van der Waals surface area contributed by atoms with Gasteiger partial charge >= 0.3 is 0 Å². The second-order valence-electron chi connectivity index (χ2n) is 8.94. The van der Waals surface area contributed by atoms with Gasteiger partial charge in [-0.15, -0.1) is 0 Å².